The fourth-order valence-electron chi connectivity index (χ4n) is 2.62. The van der Waals surface area contributed by atoms with Crippen LogP contribution in [0.5, 0.6) is 0 Å². The molecule has 1 aromatic carbocycles. The Morgan fingerprint density at radius 2 is 1.95 bits per heavy atom. The van der Waals surface area contributed by atoms with E-state index in [1.54, 1.807) is 38.1 Å². The van der Waals surface area contributed by atoms with Crippen molar-refractivity contribution in [3.8, 4) is 0 Å². The van der Waals surface area contributed by atoms with Gasteiger partial charge < -0.3 is 9.64 Å². The summed E-state index contributed by atoms with van der Waals surface area (Å²) in [5, 5.41) is 2.66. The van der Waals surface area contributed by atoms with E-state index >= 15 is 0 Å². The molecule has 22 heavy (non-hydrogen) atoms. The van der Waals surface area contributed by atoms with E-state index in [2.05, 4.69) is 17.3 Å². The van der Waals surface area contributed by atoms with Crippen molar-refractivity contribution < 1.29 is 14.3 Å². The summed E-state index contributed by atoms with van der Waals surface area (Å²) < 4.78 is 5.04. The number of hydrogen-bond donors (Lipinski definition) is 1. The number of carbonyl (C=O) groups excluding carboxylic acids is 2. The normalized spacial score (nSPS) is 16.5. The zero-order valence-corrected chi connectivity index (χ0v) is 13.5. The number of piperidine rings is 1. The quantitative estimate of drug-likeness (QED) is 0.868. The lowest BCUT2D eigenvalue weighted by Crippen LogP contribution is -2.33. The van der Waals surface area contributed by atoms with Crippen LogP contribution in [-0.2, 0) is 4.74 Å². The van der Waals surface area contributed by atoms with Crippen molar-refractivity contribution in [2.75, 3.05) is 25.5 Å². The number of Topliss-reactive ketones (excluding diaryl/α,β-unsaturated/α-hetero) is 1. The number of carbonyl (C=O) groups is 2. The number of likely N-dealkylation sites (tertiary alicyclic amines) is 1. The summed E-state index contributed by atoms with van der Waals surface area (Å²) in [6.07, 6.45) is 1.10. The Bertz CT molecular complexity index is 534. The third kappa shape index (κ3) is 4.56. The van der Waals surface area contributed by atoms with Crippen molar-refractivity contribution >= 4 is 17.6 Å². The number of benzene rings is 1. The second-order valence-corrected chi connectivity index (χ2v) is 6.10. The first-order chi connectivity index (χ1) is 10.5. The van der Waals surface area contributed by atoms with E-state index in [0.717, 1.165) is 25.9 Å². The fraction of sp³-hybridized carbons (Fsp3) is 0.529. The summed E-state index contributed by atoms with van der Waals surface area (Å²) in [6.45, 7) is 5.49. The van der Waals surface area contributed by atoms with Gasteiger partial charge in [-0.1, -0.05) is 12.1 Å². The van der Waals surface area contributed by atoms with Gasteiger partial charge in [-0.15, -0.1) is 0 Å². The molecule has 1 saturated heterocycles. The topological polar surface area (TPSA) is 58.6 Å². The summed E-state index contributed by atoms with van der Waals surface area (Å²) in [4.78, 5) is 26.4. The molecule has 1 aliphatic heterocycles. The van der Waals surface area contributed by atoms with E-state index in [1.807, 2.05) is 0 Å². The van der Waals surface area contributed by atoms with E-state index in [0.29, 0.717) is 11.3 Å². The highest BCUT2D eigenvalue weighted by Gasteiger charge is 2.24. The van der Waals surface area contributed by atoms with Crippen molar-refractivity contribution in [1.29, 1.82) is 0 Å². The third-order valence-electron chi connectivity index (χ3n) is 3.83. The molecular weight excluding hydrogens is 280 g/mol. The van der Waals surface area contributed by atoms with E-state index in [9.17, 15) is 9.59 Å². The van der Waals surface area contributed by atoms with Gasteiger partial charge in [0, 0.05) is 17.2 Å². The van der Waals surface area contributed by atoms with E-state index in [-0.39, 0.29) is 17.8 Å². The van der Waals surface area contributed by atoms with Gasteiger partial charge in [0.25, 0.3) is 0 Å². The Labute approximate surface area is 131 Å². The molecule has 1 amide bonds. The van der Waals surface area contributed by atoms with E-state index in [1.165, 1.54) is 0 Å². The maximum Gasteiger partial charge on any atom is 0.411 e. The zero-order valence-electron chi connectivity index (χ0n) is 13.5. The molecule has 0 aromatic heterocycles. The first-order valence-corrected chi connectivity index (χ1v) is 7.76. The van der Waals surface area contributed by atoms with Gasteiger partial charge in [0.2, 0.25) is 0 Å². The predicted molar refractivity (Wildman–Crippen MR) is 86.2 cm³/mol. The highest BCUT2D eigenvalue weighted by Crippen LogP contribution is 2.22. The van der Waals surface area contributed by atoms with Crippen LogP contribution in [0.1, 0.15) is 37.0 Å². The van der Waals surface area contributed by atoms with Crippen LogP contribution >= 0.6 is 0 Å². The van der Waals surface area contributed by atoms with Crippen LogP contribution in [0.15, 0.2) is 24.3 Å². The largest absolute Gasteiger partial charge is 0.447 e. The lowest BCUT2D eigenvalue weighted by molar-refractivity contribution is 0.0856. The second kappa shape index (κ2) is 7.40. The van der Waals surface area contributed by atoms with Gasteiger partial charge in [0.15, 0.2) is 5.78 Å². The van der Waals surface area contributed by atoms with Crippen molar-refractivity contribution in [1.82, 2.24) is 4.90 Å². The maximum absolute atomic E-state index is 12.6. The van der Waals surface area contributed by atoms with Crippen LogP contribution in [0.4, 0.5) is 10.5 Å². The predicted octanol–water partition coefficient (Wildman–Crippen LogP) is 3.17. The molecule has 120 valence electrons. The van der Waals surface area contributed by atoms with Gasteiger partial charge in [-0.25, -0.2) is 4.79 Å². The number of rotatable bonds is 4. The van der Waals surface area contributed by atoms with Gasteiger partial charge in [0.1, 0.15) is 0 Å². The molecule has 5 nitrogen and oxygen atoms in total. The van der Waals surface area contributed by atoms with Crippen molar-refractivity contribution in [3.63, 3.8) is 0 Å². The first kappa shape index (κ1) is 16.5. The minimum atomic E-state index is -0.501. The van der Waals surface area contributed by atoms with Crippen LogP contribution < -0.4 is 5.32 Å². The summed E-state index contributed by atoms with van der Waals surface area (Å²) in [5.74, 6) is 0.239. The molecule has 1 aromatic rings. The van der Waals surface area contributed by atoms with Crippen molar-refractivity contribution in [2.45, 2.75) is 32.8 Å². The number of nitrogens with zero attached hydrogens (tertiary/aromatic N) is 1. The molecule has 2 rings (SSSR count). The summed E-state index contributed by atoms with van der Waals surface area (Å²) in [7, 11) is 2.07. The third-order valence-corrected chi connectivity index (χ3v) is 3.83. The monoisotopic (exact) mass is 304 g/mol. The van der Waals surface area contributed by atoms with Crippen molar-refractivity contribution in [2.24, 2.45) is 5.92 Å². The number of nitrogens with one attached hydrogen (secondary N) is 1. The molecule has 1 heterocycles. The van der Waals surface area contributed by atoms with Gasteiger partial charge in [-0.2, -0.15) is 0 Å². The van der Waals surface area contributed by atoms with Crippen LogP contribution in [0.3, 0.4) is 0 Å². The number of amides is 1. The second-order valence-electron chi connectivity index (χ2n) is 6.10. The standard InChI is InChI=1S/C17H24N2O3/c1-12(2)22-17(21)18-15-6-4-5-14(11-15)16(20)13-7-9-19(3)10-8-13/h4-6,11-13H,7-10H2,1-3H3,(H,18,21). The summed E-state index contributed by atoms with van der Waals surface area (Å²) in [6, 6.07) is 7.07. The van der Waals surface area contributed by atoms with Crippen LogP contribution in [0.25, 0.3) is 0 Å². The Morgan fingerprint density at radius 1 is 1.27 bits per heavy atom. The molecule has 0 aliphatic carbocycles. The first-order valence-electron chi connectivity index (χ1n) is 7.76. The number of ketones is 1. The van der Waals surface area contributed by atoms with Gasteiger partial charge in [-0.05, 0) is 59.0 Å². The SMILES string of the molecule is CC(C)OC(=O)Nc1cccc(C(=O)C2CCN(C)CC2)c1. The van der Waals surface area contributed by atoms with Crippen molar-refractivity contribution in [3.05, 3.63) is 29.8 Å². The Morgan fingerprint density at radius 3 is 2.59 bits per heavy atom. The number of anilines is 1. The number of hydrogen-bond acceptors (Lipinski definition) is 4. The number of ether oxygens (including phenoxy) is 1. The fourth-order valence-corrected chi connectivity index (χ4v) is 2.62. The minimum absolute atomic E-state index is 0.0778. The molecule has 1 aliphatic rings. The average Bonchev–Trinajstić information content (AvgIpc) is 2.46. The molecular formula is C17H24N2O3. The van der Waals surface area contributed by atoms with E-state index in [4.69, 9.17) is 4.74 Å². The van der Waals surface area contributed by atoms with Gasteiger partial charge >= 0.3 is 6.09 Å². The Kier molecular flexibility index (Phi) is 5.55. The van der Waals surface area contributed by atoms with Gasteiger partial charge in [-0.3, -0.25) is 10.1 Å². The lowest BCUT2D eigenvalue weighted by Gasteiger charge is -2.28. The highest BCUT2D eigenvalue weighted by molar-refractivity contribution is 5.99. The van der Waals surface area contributed by atoms with Crippen LogP contribution in [0, 0.1) is 5.92 Å². The summed E-state index contributed by atoms with van der Waals surface area (Å²) >= 11 is 0. The molecule has 0 atom stereocenters. The highest BCUT2D eigenvalue weighted by atomic mass is 16.6. The molecule has 0 unspecified atom stereocenters. The molecule has 0 bridgehead atoms. The van der Waals surface area contributed by atoms with E-state index < -0.39 is 6.09 Å². The molecule has 1 fully saturated rings. The Balaban J connectivity index is 2.01. The van der Waals surface area contributed by atoms with Crippen LogP contribution in [0.2, 0.25) is 0 Å². The minimum Gasteiger partial charge on any atom is -0.447 e. The molecule has 0 saturated carbocycles. The zero-order chi connectivity index (χ0) is 16.1. The van der Waals surface area contributed by atoms with Crippen LogP contribution in [-0.4, -0.2) is 43.0 Å². The average molecular weight is 304 g/mol. The smallest absolute Gasteiger partial charge is 0.411 e. The summed E-state index contributed by atoms with van der Waals surface area (Å²) in [5.41, 5.74) is 1.24. The molecule has 1 N–H and O–H groups in total. The van der Waals surface area contributed by atoms with Gasteiger partial charge in [0.05, 0.1) is 6.10 Å². The lowest BCUT2D eigenvalue weighted by atomic mass is 9.89. The molecule has 0 radical (unpaired) electrons. The maximum atomic E-state index is 12.6. The molecule has 5 heteroatoms. The Hall–Kier alpha value is -1.88. The molecule has 0 spiro atoms.